The van der Waals surface area contributed by atoms with Crippen LogP contribution < -0.4 is 16.6 Å². The molecule has 2 heterocycles. The van der Waals surface area contributed by atoms with E-state index < -0.39 is 11.2 Å². The molecule has 0 aliphatic rings. The molecule has 0 unspecified atom stereocenters. The van der Waals surface area contributed by atoms with Crippen molar-refractivity contribution in [1.82, 2.24) is 9.13 Å². The number of anilines is 1. The lowest BCUT2D eigenvalue weighted by Gasteiger charge is -2.16. The highest BCUT2D eigenvalue weighted by Gasteiger charge is 2.17. The van der Waals surface area contributed by atoms with Crippen LogP contribution >= 0.6 is 0 Å². The van der Waals surface area contributed by atoms with Crippen molar-refractivity contribution in [3.8, 4) is 0 Å². The zero-order valence-corrected chi connectivity index (χ0v) is 17.4. The second-order valence-corrected chi connectivity index (χ2v) is 7.37. The molecule has 31 heavy (non-hydrogen) atoms. The van der Waals surface area contributed by atoms with Gasteiger partial charge >= 0.3 is 5.69 Å². The molecule has 2 aromatic carbocycles. The molecule has 0 radical (unpaired) electrons. The number of carbonyl (C=O) groups excluding carboxylic acids is 1. The summed E-state index contributed by atoms with van der Waals surface area (Å²) in [6, 6.07) is 16.0. The summed E-state index contributed by atoms with van der Waals surface area (Å²) in [5.74, 6) is 0.150. The molecule has 1 amide bonds. The maximum atomic E-state index is 13.2. The molecule has 0 fully saturated rings. The van der Waals surface area contributed by atoms with Crippen molar-refractivity contribution < 1.29 is 9.21 Å². The molecule has 4 rings (SSSR count). The number of nitrogens with one attached hydrogen (secondary N) is 1. The van der Waals surface area contributed by atoms with E-state index in [4.69, 9.17) is 4.42 Å². The van der Waals surface area contributed by atoms with Gasteiger partial charge in [-0.15, -0.1) is 0 Å². The third kappa shape index (κ3) is 3.94. The minimum atomic E-state index is -0.559. The van der Waals surface area contributed by atoms with E-state index in [1.807, 2.05) is 32.0 Å². The first-order valence-corrected chi connectivity index (χ1v) is 10.1. The Labute approximate surface area is 178 Å². The highest BCUT2D eigenvalue weighted by Crippen LogP contribution is 2.21. The van der Waals surface area contributed by atoms with Gasteiger partial charge in [0.25, 0.3) is 5.56 Å². The SMILES string of the molecule is CCc1cccc(C)c1NC(=O)Cn1c(=O)n(Cc2ccco2)c(=O)c2ccccc21. The molecule has 1 N–H and O–H groups in total. The first-order valence-electron chi connectivity index (χ1n) is 10.1. The average molecular weight is 417 g/mol. The van der Waals surface area contributed by atoms with Gasteiger partial charge in [-0.05, 0) is 48.7 Å². The van der Waals surface area contributed by atoms with E-state index in [0.717, 1.165) is 27.8 Å². The Balaban J connectivity index is 1.76. The number of para-hydroxylation sites is 2. The van der Waals surface area contributed by atoms with Gasteiger partial charge in [-0.1, -0.05) is 37.3 Å². The molecule has 0 spiro atoms. The Morgan fingerprint density at radius 1 is 1.00 bits per heavy atom. The van der Waals surface area contributed by atoms with Gasteiger partial charge < -0.3 is 9.73 Å². The minimum Gasteiger partial charge on any atom is -0.467 e. The maximum absolute atomic E-state index is 13.2. The second-order valence-electron chi connectivity index (χ2n) is 7.37. The van der Waals surface area contributed by atoms with E-state index in [0.29, 0.717) is 16.7 Å². The van der Waals surface area contributed by atoms with Gasteiger partial charge in [0, 0.05) is 5.69 Å². The standard InChI is InChI=1S/C24H23N3O4/c1-3-17-9-6-8-16(2)22(17)25-21(28)15-26-20-12-5-4-11-19(20)23(29)27(24(26)30)14-18-10-7-13-31-18/h4-13H,3,14-15H2,1-2H3,(H,25,28). The van der Waals surface area contributed by atoms with Crippen molar-refractivity contribution in [2.24, 2.45) is 0 Å². The number of nitrogens with zero attached hydrogens (tertiary/aromatic N) is 2. The topological polar surface area (TPSA) is 86.2 Å². The van der Waals surface area contributed by atoms with Gasteiger partial charge in [0.15, 0.2) is 0 Å². The number of carbonyl (C=O) groups is 1. The van der Waals surface area contributed by atoms with Crippen LogP contribution in [0.1, 0.15) is 23.8 Å². The summed E-state index contributed by atoms with van der Waals surface area (Å²) in [4.78, 5) is 39.1. The lowest BCUT2D eigenvalue weighted by atomic mass is 10.1. The number of hydrogen-bond donors (Lipinski definition) is 1. The van der Waals surface area contributed by atoms with Crippen LogP contribution in [0.3, 0.4) is 0 Å². The second kappa shape index (κ2) is 8.47. The predicted molar refractivity (Wildman–Crippen MR) is 119 cm³/mol. The fourth-order valence-electron chi connectivity index (χ4n) is 3.75. The van der Waals surface area contributed by atoms with Gasteiger partial charge in [0.05, 0.1) is 23.7 Å². The molecular weight excluding hydrogens is 394 g/mol. The Morgan fingerprint density at radius 2 is 1.81 bits per heavy atom. The lowest BCUT2D eigenvalue weighted by Crippen LogP contribution is -2.42. The molecule has 0 aliphatic carbocycles. The molecule has 7 nitrogen and oxygen atoms in total. The summed E-state index contributed by atoms with van der Waals surface area (Å²) in [6.07, 6.45) is 2.26. The number of rotatable bonds is 6. The van der Waals surface area contributed by atoms with Crippen LogP contribution in [0.2, 0.25) is 0 Å². The van der Waals surface area contributed by atoms with Crippen molar-refractivity contribution >= 4 is 22.5 Å². The van der Waals surface area contributed by atoms with Gasteiger partial charge in [-0.2, -0.15) is 0 Å². The molecule has 7 heteroatoms. The van der Waals surface area contributed by atoms with Crippen molar-refractivity contribution in [3.63, 3.8) is 0 Å². The van der Waals surface area contributed by atoms with E-state index in [9.17, 15) is 14.4 Å². The highest BCUT2D eigenvalue weighted by molar-refractivity contribution is 5.93. The number of amides is 1. The summed E-state index contributed by atoms with van der Waals surface area (Å²) in [6.45, 7) is 3.73. The van der Waals surface area contributed by atoms with Crippen LogP contribution in [0, 0.1) is 6.92 Å². The molecule has 0 bridgehead atoms. The lowest BCUT2D eigenvalue weighted by molar-refractivity contribution is -0.116. The number of furan rings is 1. The number of hydrogen-bond acceptors (Lipinski definition) is 4. The molecule has 0 atom stereocenters. The molecule has 0 saturated carbocycles. The zero-order valence-electron chi connectivity index (χ0n) is 17.4. The monoisotopic (exact) mass is 417 g/mol. The fourth-order valence-corrected chi connectivity index (χ4v) is 3.75. The summed E-state index contributed by atoms with van der Waals surface area (Å²) < 4.78 is 7.74. The molecule has 4 aromatic rings. The van der Waals surface area contributed by atoms with E-state index in [2.05, 4.69) is 5.32 Å². The molecule has 0 aliphatic heterocycles. The average Bonchev–Trinajstić information content (AvgIpc) is 3.29. The number of aryl methyl sites for hydroxylation is 2. The van der Waals surface area contributed by atoms with Crippen LogP contribution in [-0.2, 0) is 24.3 Å². The van der Waals surface area contributed by atoms with Crippen LogP contribution in [-0.4, -0.2) is 15.0 Å². The van der Waals surface area contributed by atoms with Crippen molar-refractivity contribution in [2.45, 2.75) is 33.4 Å². The zero-order chi connectivity index (χ0) is 22.0. The predicted octanol–water partition coefficient (Wildman–Crippen LogP) is 3.31. The largest absolute Gasteiger partial charge is 0.467 e. The molecule has 158 valence electrons. The summed E-state index contributed by atoms with van der Waals surface area (Å²) in [5.41, 5.74) is 2.18. The van der Waals surface area contributed by atoms with E-state index in [-0.39, 0.29) is 19.0 Å². The molecule has 2 aromatic heterocycles. The quantitative estimate of drug-likeness (QED) is 0.521. The van der Waals surface area contributed by atoms with Crippen molar-refractivity contribution in [3.05, 3.63) is 98.6 Å². The summed E-state index contributed by atoms with van der Waals surface area (Å²) in [5, 5.41) is 3.31. The Bertz CT molecular complexity index is 1360. The van der Waals surface area contributed by atoms with Gasteiger partial charge in [-0.3, -0.25) is 18.7 Å². The van der Waals surface area contributed by atoms with Gasteiger partial charge in [0.2, 0.25) is 5.91 Å². The van der Waals surface area contributed by atoms with Crippen LogP contribution in [0.25, 0.3) is 10.9 Å². The Hall–Kier alpha value is -3.87. The van der Waals surface area contributed by atoms with E-state index in [1.54, 1.807) is 36.4 Å². The first-order chi connectivity index (χ1) is 15.0. The molecule has 0 saturated heterocycles. The van der Waals surface area contributed by atoms with Crippen molar-refractivity contribution in [2.75, 3.05) is 5.32 Å². The van der Waals surface area contributed by atoms with Crippen LogP contribution in [0.5, 0.6) is 0 Å². The smallest absolute Gasteiger partial charge is 0.332 e. The number of aromatic nitrogens is 2. The summed E-state index contributed by atoms with van der Waals surface area (Å²) >= 11 is 0. The first kappa shape index (κ1) is 20.4. The van der Waals surface area contributed by atoms with E-state index in [1.165, 1.54) is 10.8 Å². The normalized spacial score (nSPS) is 11.0. The number of benzene rings is 2. The Kier molecular flexibility index (Phi) is 5.58. The third-order valence-corrected chi connectivity index (χ3v) is 5.33. The van der Waals surface area contributed by atoms with Crippen LogP contribution in [0.4, 0.5) is 5.69 Å². The Morgan fingerprint density at radius 3 is 2.55 bits per heavy atom. The third-order valence-electron chi connectivity index (χ3n) is 5.33. The summed E-state index contributed by atoms with van der Waals surface area (Å²) in [7, 11) is 0. The van der Waals surface area contributed by atoms with Crippen LogP contribution in [0.15, 0.2) is 74.9 Å². The maximum Gasteiger partial charge on any atom is 0.332 e. The minimum absolute atomic E-state index is 0.00506. The van der Waals surface area contributed by atoms with E-state index >= 15 is 0 Å². The van der Waals surface area contributed by atoms with Gasteiger partial charge in [0.1, 0.15) is 12.3 Å². The molecular formula is C24H23N3O4. The fraction of sp³-hybridized carbons (Fsp3) is 0.208. The van der Waals surface area contributed by atoms with Crippen molar-refractivity contribution in [1.29, 1.82) is 0 Å². The number of fused-ring (bicyclic) bond motifs is 1. The highest BCUT2D eigenvalue weighted by atomic mass is 16.3. The van der Waals surface area contributed by atoms with Gasteiger partial charge in [-0.25, -0.2) is 4.79 Å².